The van der Waals surface area contributed by atoms with Crippen molar-refractivity contribution in [3.8, 4) is 0 Å². The van der Waals surface area contributed by atoms with E-state index in [0.29, 0.717) is 5.69 Å². The van der Waals surface area contributed by atoms with Gasteiger partial charge in [-0.2, -0.15) is 13.2 Å². The largest absolute Gasteiger partial charge is 0.416 e. The molecule has 1 aliphatic heterocycles. The van der Waals surface area contributed by atoms with Gasteiger partial charge in [0.1, 0.15) is 0 Å². The van der Waals surface area contributed by atoms with Gasteiger partial charge in [0.25, 0.3) is 0 Å². The van der Waals surface area contributed by atoms with Crippen LogP contribution in [-0.2, 0) is 12.7 Å². The van der Waals surface area contributed by atoms with Crippen LogP contribution in [0.15, 0.2) is 48.5 Å². The van der Waals surface area contributed by atoms with Crippen molar-refractivity contribution in [2.75, 3.05) is 49.1 Å². The molecule has 28 heavy (non-hydrogen) atoms. The number of alkyl halides is 3. The topological polar surface area (TPSA) is 9.72 Å². The van der Waals surface area contributed by atoms with Gasteiger partial charge in [-0.3, -0.25) is 4.90 Å². The van der Waals surface area contributed by atoms with Crippen LogP contribution in [0.2, 0.25) is 0 Å². The number of halogens is 3. The van der Waals surface area contributed by atoms with Gasteiger partial charge in [-0.1, -0.05) is 18.2 Å². The Morgan fingerprint density at radius 1 is 0.893 bits per heavy atom. The van der Waals surface area contributed by atoms with Crippen molar-refractivity contribution in [3.63, 3.8) is 0 Å². The summed E-state index contributed by atoms with van der Waals surface area (Å²) in [6, 6.07) is 14.3. The predicted octanol–water partition coefficient (Wildman–Crippen LogP) is 4.87. The van der Waals surface area contributed by atoms with Gasteiger partial charge in [0.05, 0.1) is 5.56 Å². The first-order valence-electron chi connectivity index (χ1n) is 9.89. The summed E-state index contributed by atoms with van der Waals surface area (Å²) >= 11 is 0. The average Bonchev–Trinajstić information content (AvgIpc) is 2.70. The molecule has 0 aliphatic carbocycles. The monoisotopic (exact) mass is 391 g/mol. The summed E-state index contributed by atoms with van der Waals surface area (Å²) in [5, 5.41) is 0. The first-order chi connectivity index (χ1) is 13.4. The minimum absolute atomic E-state index is 0.583. The molecule has 1 aliphatic rings. The Morgan fingerprint density at radius 3 is 2.11 bits per heavy atom. The molecule has 1 heterocycles. The van der Waals surface area contributed by atoms with E-state index in [0.717, 1.165) is 51.9 Å². The van der Waals surface area contributed by atoms with Crippen LogP contribution < -0.4 is 9.80 Å². The maximum Gasteiger partial charge on any atom is 0.416 e. The highest BCUT2D eigenvalue weighted by atomic mass is 19.4. The van der Waals surface area contributed by atoms with E-state index in [2.05, 4.69) is 47.9 Å². The van der Waals surface area contributed by atoms with Crippen LogP contribution in [-0.4, -0.2) is 44.2 Å². The molecule has 0 saturated carbocycles. The van der Waals surface area contributed by atoms with E-state index in [1.54, 1.807) is 6.07 Å². The summed E-state index contributed by atoms with van der Waals surface area (Å²) in [7, 11) is 0. The van der Waals surface area contributed by atoms with Crippen molar-refractivity contribution in [1.82, 2.24) is 4.90 Å². The predicted molar refractivity (Wildman–Crippen MR) is 109 cm³/mol. The van der Waals surface area contributed by atoms with Gasteiger partial charge >= 0.3 is 6.18 Å². The fourth-order valence-corrected chi connectivity index (χ4v) is 3.70. The van der Waals surface area contributed by atoms with Crippen LogP contribution in [0.25, 0.3) is 0 Å². The zero-order valence-electron chi connectivity index (χ0n) is 16.5. The second-order valence-corrected chi connectivity index (χ2v) is 7.15. The maximum atomic E-state index is 12.9. The maximum absolute atomic E-state index is 12.9. The minimum Gasteiger partial charge on any atom is -0.372 e. The van der Waals surface area contributed by atoms with Gasteiger partial charge in [0, 0.05) is 57.2 Å². The lowest BCUT2D eigenvalue weighted by molar-refractivity contribution is -0.137. The third kappa shape index (κ3) is 4.98. The highest BCUT2D eigenvalue weighted by Crippen LogP contribution is 2.32. The van der Waals surface area contributed by atoms with E-state index in [9.17, 15) is 13.2 Å². The lowest BCUT2D eigenvalue weighted by Crippen LogP contribution is -2.46. The fraction of sp³-hybridized carbons (Fsp3) is 0.455. The molecule has 0 aromatic heterocycles. The van der Waals surface area contributed by atoms with E-state index >= 15 is 0 Å². The van der Waals surface area contributed by atoms with Gasteiger partial charge in [0.2, 0.25) is 0 Å². The van der Waals surface area contributed by atoms with E-state index < -0.39 is 11.7 Å². The van der Waals surface area contributed by atoms with Crippen molar-refractivity contribution >= 4 is 11.4 Å². The highest BCUT2D eigenvalue weighted by molar-refractivity contribution is 5.50. The second-order valence-electron chi connectivity index (χ2n) is 7.15. The third-order valence-corrected chi connectivity index (χ3v) is 5.38. The Bertz CT molecular complexity index is 746. The highest BCUT2D eigenvalue weighted by Gasteiger charge is 2.31. The molecule has 0 atom stereocenters. The summed E-state index contributed by atoms with van der Waals surface area (Å²) in [4.78, 5) is 6.71. The van der Waals surface area contributed by atoms with Crippen LogP contribution in [0.1, 0.15) is 25.0 Å². The van der Waals surface area contributed by atoms with Crippen molar-refractivity contribution < 1.29 is 13.2 Å². The molecule has 6 heteroatoms. The molecule has 3 nitrogen and oxygen atoms in total. The molecule has 0 spiro atoms. The summed E-state index contributed by atoms with van der Waals surface area (Å²) in [6.45, 7) is 10.3. The van der Waals surface area contributed by atoms with Crippen LogP contribution >= 0.6 is 0 Å². The number of hydrogen-bond donors (Lipinski definition) is 0. The van der Waals surface area contributed by atoms with Crippen molar-refractivity contribution in [3.05, 3.63) is 59.7 Å². The number of anilines is 2. The fourth-order valence-electron chi connectivity index (χ4n) is 3.70. The molecule has 0 radical (unpaired) electrons. The van der Waals surface area contributed by atoms with Crippen molar-refractivity contribution in [2.24, 2.45) is 0 Å². The molecule has 152 valence electrons. The smallest absolute Gasteiger partial charge is 0.372 e. The van der Waals surface area contributed by atoms with Gasteiger partial charge in [0.15, 0.2) is 0 Å². The molecule has 2 aromatic carbocycles. The zero-order valence-corrected chi connectivity index (χ0v) is 16.5. The van der Waals surface area contributed by atoms with Crippen LogP contribution in [0.4, 0.5) is 24.5 Å². The zero-order chi connectivity index (χ0) is 20.1. The van der Waals surface area contributed by atoms with Gasteiger partial charge < -0.3 is 9.80 Å². The van der Waals surface area contributed by atoms with E-state index in [-0.39, 0.29) is 0 Å². The normalized spacial score (nSPS) is 15.7. The Kier molecular flexibility index (Phi) is 6.50. The van der Waals surface area contributed by atoms with Crippen molar-refractivity contribution in [2.45, 2.75) is 26.6 Å². The minimum atomic E-state index is -4.30. The van der Waals surface area contributed by atoms with Crippen LogP contribution in [0, 0.1) is 0 Å². The lowest BCUT2D eigenvalue weighted by atomic mass is 10.1. The lowest BCUT2D eigenvalue weighted by Gasteiger charge is -2.36. The number of nitrogens with zero attached hydrogens (tertiary/aromatic N) is 3. The Balaban J connectivity index is 1.56. The summed E-state index contributed by atoms with van der Waals surface area (Å²) in [5.74, 6) is 0. The molecular weight excluding hydrogens is 363 g/mol. The number of piperazine rings is 1. The standard InChI is InChI=1S/C22H28F3N3/c1-3-27(4-2)20-10-8-18(9-11-20)17-26-12-14-28(15-13-26)21-7-5-6-19(16-21)22(23,24)25/h5-11,16H,3-4,12-15,17H2,1-2H3. The first kappa shape index (κ1) is 20.5. The molecular formula is C22H28F3N3. The molecule has 3 rings (SSSR count). The molecule has 0 bridgehead atoms. The van der Waals surface area contributed by atoms with Crippen LogP contribution in [0.5, 0.6) is 0 Å². The molecule has 0 unspecified atom stereocenters. The second kappa shape index (κ2) is 8.86. The molecule has 0 N–H and O–H groups in total. The number of benzene rings is 2. The SMILES string of the molecule is CCN(CC)c1ccc(CN2CCN(c3cccc(C(F)(F)F)c3)CC2)cc1. The number of hydrogen-bond acceptors (Lipinski definition) is 3. The summed E-state index contributed by atoms with van der Waals surface area (Å²) < 4.78 is 38.8. The van der Waals surface area contributed by atoms with Gasteiger partial charge in [-0.25, -0.2) is 0 Å². The Morgan fingerprint density at radius 2 is 1.54 bits per heavy atom. The van der Waals surface area contributed by atoms with E-state index in [1.807, 2.05) is 4.90 Å². The molecule has 0 amide bonds. The third-order valence-electron chi connectivity index (χ3n) is 5.38. The van der Waals surface area contributed by atoms with Crippen molar-refractivity contribution in [1.29, 1.82) is 0 Å². The summed E-state index contributed by atoms with van der Waals surface area (Å²) in [5.41, 5.74) is 2.57. The molecule has 1 fully saturated rings. The Labute approximate surface area is 165 Å². The quantitative estimate of drug-likeness (QED) is 0.695. The van der Waals surface area contributed by atoms with Gasteiger partial charge in [-0.05, 0) is 49.7 Å². The summed E-state index contributed by atoms with van der Waals surface area (Å²) in [6.07, 6.45) is -4.30. The van der Waals surface area contributed by atoms with Gasteiger partial charge in [-0.15, -0.1) is 0 Å². The number of rotatable bonds is 6. The van der Waals surface area contributed by atoms with E-state index in [1.165, 1.54) is 23.4 Å². The van der Waals surface area contributed by atoms with Crippen LogP contribution in [0.3, 0.4) is 0 Å². The Hall–Kier alpha value is -2.21. The molecule has 1 saturated heterocycles. The van der Waals surface area contributed by atoms with E-state index in [4.69, 9.17) is 0 Å². The molecule has 2 aromatic rings. The average molecular weight is 391 g/mol. The first-order valence-corrected chi connectivity index (χ1v) is 9.89.